The number of rotatable bonds is 3. The maximum Gasteiger partial charge on any atom is 0.224 e. The van der Waals surface area contributed by atoms with Crippen molar-refractivity contribution in [2.75, 3.05) is 29.9 Å². The molecule has 1 aliphatic heterocycles. The van der Waals surface area contributed by atoms with Crippen LogP contribution in [0.3, 0.4) is 0 Å². The van der Waals surface area contributed by atoms with Gasteiger partial charge < -0.3 is 10.2 Å². The van der Waals surface area contributed by atoms with Crippen LogP contribution >= 0.6 is 11.6 Å². The van der Waals surface area contributed by atoms with Crippen molar-refractivity contribution in [2.45, 2.75) is 33.6 Å². The first-order valence-corrected chi connectivity index (χ1v) is 6.91. The van der Waals surface area contributed by atoms with Crippen molar-refractivity contribution < 1.29 is 0 Å². The van der Waals surface area contributed by atoms with E-state index in [1.165, 1.54) is 12.8 Å². The molecular formula is C13H21ClN4. The highest BCUT2D eigenvalue weighted by atomic mass is 35.5. The first kappa shape index (κ1) is 13.4. The van der Waals surface area contributed by atoms with Gasteiger partial charge in [0.15, 0.2) is 5.82 Å². The maximum atomic E-state index is 6.21. The summed E-state index contributed by atoms with van der Waals surface area (Å²) in [5.74, 6) is 1.51. The van der Waals surface area contributed by atoms with Crippen LogP contribution in [0.5, 0.6) is 0 Å². The van der Waals surface area contributed by atoms with Gasteiger partial charge in [-0.25, -0.2) is 4.98 Å². The smallest absolute Gasteiger partial charge is 0.224 e. The molecule has 0 radical (unpaired) electrons. The molecule has 5 heteroatoms. The summed E-state index contributed by atoms with van der Waals surface area (Å²) in [5, 5.41) is 3.76. The standard InChI is InChI=1S/C13H21ClN4/c1-4-15-12-16-9-10(14)11(17-12)18-7-5-13(2,3)6-8-18/h9H,4-8H2,1-3H3,(H,15,16,17). The molecular weight excluding hydrogens is 248 g/mol. The van der Waals surface area contributed by atoms with Crippen molar-refractivity contribution in [3.8, 4) is 0 Å². The van der Waals surface area contributed by atoms with E-state index in [1.807, 2.05) is 6.92 Å². The highest BCUT2D eigenvalue weighted by Gasteiger charge is 2.27. The fourth-order valence-electron chi connectivity index (χ4n) is 2.15. The number of nitrogens with one attached hydrogen (secondary N) is 1. The third-order valence-corrected chi connectivity index (χ3v) is 3.74. The molecule has 1 aromatic heterocycles. The Balaban J connectivity index is 2.15. The number of piperidine rings is 1. The number of anilines is 2. The zero-order valence-corrected chi connectivity index (χ0v) is 12.1. The van der Waals surface area contributed by atoms with E-state index >= 15 is 0 Å². The van der Waals surface area contributed by atoms with Gasteiger partial charge in [0.25, 0.3) is 0 Å². The lowest BCUT2D eigenvalue weighted by molar-refractivity contribution is 0.279. The quantitative estimate of drug-likeness (QED) is 0.914. The molecule has 0 aromatic carbocycles. The van der Waals surface area contributed by atoms with Gasteiger partial charge in [-0.05, 0) is 25.2 Å². The van der Waals surface area contributed by atoms with E-state index in [0.717, 1.165) is 25.5 Å². The largest absolute Gasteiger partial charge is 0.355 e. The van der Waals surface area contributed by atoms with Crippen LogP contribution in [-0.2, 0) is 0 Å². The average molecular weight is 269 g/mol. The van der Waals surface area contributed by atoms with Gasteiger partial charge >= 0.3 is 0 Å². The van der Waals surface area contributed by atoms with Crippen molar-refractivity contribution >= 4 is 23.4 Å². The lowest BCUT2D eigenvalue weighted by Gasteiger charge is -2.37. The van der Waals surface area contributed by atoms with Crippen LogP contribution in [0.25, 0.3) is 0 Å². The van der Waals surface area contributed by atoms with Crippen molar-refractivity contribution in [1.29, 1.82) is 0 Å². The molecule has 0 atom stereocenters. The maximum absolute atomic E-state index is 6.21. The molecule has 1 fully saturated rings. The second-order valence-electron chi connectivity index (χ2n) is 5.55. The minimum Gasteiger partial charge on any atom is -0.355 e. The summed E-state index contributed by atoms with van der Waals surface area (Å²) < 4.78 is 0. The summed E-state index contributed by atoms with van der Waals surface area (Å²) in [6.45, 7) is 9.49. The van der Waals surface area contributed by atoms with E-state index in [4.69, 9.17) is 11.6 Å². The molecule has 0 saturated carbocycles. The third kappa shape index (κ3) is 3.05. The van der Waals surface area contributed by atoms with Crippen LogP contribution in [-0.4, -0.2) is 29.6 Å². The Morgan fingerprint density at radius 2 is 2.06 bits per heavy atom. The normalized spacial score (nSPS) is 18.8. The molecule has 1 N–H and O–H groups in total. The SMILES string of the molecule is CCNc1ncc(Cl)c(N2CCC(C)(C)CC2)n1. The summed E-state index contributed by atoms with van der Waals surface area (Å²) in [6.07, 6.45) is 4.02. The van der Waals surface area contributed by atoms with Crippen LogP contribution < -0.4 is 10.2 Å². The van der Waals surface area contributed by atoms with Gasteiger partial charge in [0.05, 0.1) is 6.20 Å². The Kier molecular flexibility index (Phi) is 3.95. The molecule has 1 saturated heterocycles. The van der Waals surface area contributed by atoms with Gasteiger partial charge in [-0.15, -0.1) is 0 Å². The van der Waals surface area contributed by atoms with Crippen LogP contribution in [0.15, 0.2) is 6.20 Å². The van der Waals surface area contributed by atoms with Gasteiger partial charge in [0.2, 0.25) is 5.95 Å². The molecule has 2 heterocycles. The monoisotopic (exact) mass is 268 g/mol. The summed E-state index contributed by atoms with van der Waals surface area (Å²) >= 11 is 6.21. The molecule has 18 heavy (non-hydrogen) atoms. The Labute approximate surface area is 114 Å². The number of aromatic nitrogens is 2. The van der Waals surface area contributed by atoms with E-state index in [0.29, 0.717) is 16.4 Å². The summed E-state index contributed by atoms with van der Waals surface area (Å²) in [7, 11) is 0. The van der Waals surface area contributed by atoms with Crippen molar-refractivity contribution in [3.63, 3.8) is 0 Å². The van der Waals surface area contributed by atoms with Gasteiger partial charge in [-0.2, -0.15) is 4.98 Å². The predicted octanol–water partition coefficient (Wildman–Crippen LogP) is 3.19. The predicted molar refractivity (Wildman–Crippen MR) is 76.4 cm³/mol. The molecule has 4 nitrogen and oxygen atoms in total. The Bertz CT molecular complexity index is 409. The van der Waals surface area contributed by atoms with Crippen LogP contribution in [0.1, 0.15) is 33.6 Å². The van der Waals surface area contributed by atoms with Crippen LogP contribution in [0.2, 0.25) is 5.02 Å². The van der Waals surface area contributed by atoms with E-state index in [2.05, 4.69) is 34.0 Å². The molecule has 0 unspecified atom stereocenters. The first-order chi connectivity index (χ1) is 8.52. The molecule has 1 aliphatic rings. The second-order valence-corrected chi connectivity index (χ2v) is 5.95. The number of halogens is 1. The molecule has 0 aliphatic carbocycles. The minimum atomic E-state index is 0.431. The van der Waals surface area contributed by atoms with Gasteiger partial charge in [-0.3, -0.25) is 0 Å². The summed E-state index contributed by atoms with van der Waals surface area (Å²) in [4.78, 5) is 10.9. The zero-order valence-electron chi connectivity index (χ0n) is 11.3. The van der Waals surface area contributed by atoms with Crippen LogP contribution in [0.4, 0.5) is 11.8 Å². The molecule has 1 aromatic rings. The molecule has 0 spiro atoms. The number of hydrogen-bond donors (Lipinski definition) is 1. The number of hydrogen-bond acceptors (Lipinski definition) is 4. The van der Waals surface area contributed by atoms with Crippen molar-refractivity contribution in [3.05, 3.63) is 11.2 Å². The topological polar surface area (TPSA) is 41.1 Å². The Morgan fingerprint density at radius 1 is 1.39 bits per heavy atom. The lowest BCUT2D eigenvalue weighted by Crippen LogP contribution is -2.38. The Hall–Kier alpha value is -1.03. The fraction of sp³-hybridized carbons (Fsp3) is 0.692. The molecule has 0 amide bonds. The number of nitrogens with zero attached hydrogens (tertiary/aromatic N) is 3. The third-order valence-electron chi connectivity index (χ3n) is 3.48. The van der Waals surface area contributed by atoms with Gasteiger partial charge in [-0.1, -0.05) is 25.4 Å². The average Bonchev–Trinajstić information content (AvgIpc) is 2.32. The van der Waals surface area contributed by atoms with E-state index in [1.54, 1.807) is 6.20 Å². The van der Waals surface area contributed by atoms with Crippen LogP contribution in [0, 0.1) is 5.41 Å². The highest BCUT2D eigenvalue weighted by molar-refractivity contribution is 6.32. The second kappa shape index (κ2) is 5.31. The zero-order chi connectivity index (χ0) is 13.2. The van der Waals surface area contributed by atoms with E-state index < -0.39 is 0 Å². The first-order valence-electron chi connectivity index (χ1n) is 6.53. The summed E-state index contributed by atoms with van der Waals surface area (Å²) in [5.41, 5.74) is 0.431. The molecule has 100 valence electrons. The van der Waals surface area contributed by atoms with Gasteiger partial charge in [0, 0.05) is 19.6 Å². The van der Waals surface area contributed by atoms with Gasteiger partial charge in [0.1, 0.15) is 5.02 Å². The molecule has 0 bridgehead atoms. The lowest BCUT2D eigenvalue weighted by atomic mass is 9.83. The van der Waals surface area contributed by atoms with E-state index in [-0.39, 0.29) is 0 Å². The highest BCUT2D eigenvalue weighted by Crippen LogP contribution is 2.33. The van der Waals surface area contributed by atoms with Crippen molar-refractivity contribution in [2.24, 2.45) is 5.41 Å². The fourth-order valence-corrected chi connectivity index (χ4v) is 2.36. The molecule has 2 rings (SSSR count). The van der Waals surface area contributed by atoms with E-state index in [9.17, 15) is 0 Å². The summed E-state index contributed by atoms with van der Waals surface area (Å²) in [6, 6.07) is 0. The minimum absolute atomic E-state index is 0.431. The van der Waals surface area contributed by atoms with Crippen molar-refractivity contribution in [1.82, 2.24) is 9.97 Å². The Morgan fingerprint density at radius 3 is 2.67 bits per heavy atom.